The zero-order chi connectivity index (χ0) is 9.19. The molecule has 0 aromatic heterocycles. The van der Waals surface area contributed by atoms with Crippen molar-refractivity contribution in [3.63, 3.8) is 0 Å². The van der Waals surface area contributed by atoms with E-state index >= 15 is 0 Å². The molecule has 0 aromatic carbocycles. The van der Waals surface area contributed by atoms with Crippen LogP contribution in [0.3, 0.4) is 0 Å². The molecule has 0 spiro atoms. The quantitative estimate of drug-likeness (QED) is 0.614. The van der Waals surface area contributed by atoms with Crippen molar-refractivity contribution >= 4 is 6.21 Å². The summed E-state index contributed by atoms with van der Waals surface area (Å²) in [5.41, 5.74) is 0.0824. The van der Waals surface area contributed by atoms with Gasteiger partial charge in [0, 0.05) is 25.2 Å². The van der Waals surface area contributed by atoms with E-state index in [1.165, 1.54) is 0 Å². The average Bonchev–Trinajstić information content (AvgIpc) is 1.92. The molecule has 0 saturated heterocycles. The van der Waals surface area contributed by atoms with Crippen molar-refractivity contribution in [1.29, 1.82) is 0 Å². The Labute approximate surface area is 75.0 Å². The van der Waals surface area contributed by atoms with Crippen LogP contribution in [0.2, 0.25) is 0 Å². The van der Waals surface area contributed by atoms with Crippen molar-refractivity contribution in [1.82, 2.24) is 4.90 Å². The Kier molecular flexibility index (Phi) is 2.55. The normalized spacial score (nSPS) is 20.6. The van der Waals surface area contributed by atoms with Crippen LogP contribution in [0.5, 0.6) is 0 Å². The van der Waals surface area contributed by atoms with Crippen molar-refractivity contribution in [3.05, 3.63) is 12.4 Å². The smallest absolute Gasteiger partial charge is 0.0694 e. The Morgan fingerprint density at radius 2 is 2.08 bits per heavy atom. The molecule has 0 N–H and O–H groups in total. The first-order valence-corrected chi connectivity index (χ1v) is 4.50. The summed E-state index contributed by atoms with van der Waals surface area (Å²) in [5.74, 6) is 0.695. The van der Waals surface area contributed by atoms with Crippen molar-refractivity contribution < 1.29 is 0 Å². The zero-order valence-electron chi connectivity index (χ0n) is 8.41. The van der Waals surface area contributed by atoms with E-state index in [-0.39, 0.29) is 5.54 Å². The highest BCUT2D eigenvalue weighted by molar-refractivity contribution is 5.70. The highest BCUT2D eigenvalue weighted by Gasteiger charge is 2.23. The molecular weight excluding hydrogens is 148 g/mol. The molecule has 0 bridgehead atoms. The van der Waals surface area contributed by atoms with Crippen LogP contribution >= 0.6 is 0 Å². The number of rotatable bonds is 2. The average molecular weight is 166 g/mol. The van der Waals surface area contributed by atoms with Crippen LogP contribution in [0.15, 0.2) is 17.4 Å². The fourth-order valence-electron chi connectivity index (χ4n) is 1.30. The molecule has 0 radical (unpaired) electrons. The van der Waals surface area contributed by atoms with Gasteiger partial charge in [0.1, 0.15) is 0 Å². The molecule has 12 heavy (non-hydrogen) atoms. The summed E-state index contributed by atoms with van der Waals surface area (Å²) < 4.78 is 0. The first kappa shape index (κ1) is 9.30. The number of aliphatic imine (C=N–C) groups is 1. The van der Waals surface area contributed by atoms with Crippen LogP contribution in [0.4, 0.5) is 0 Å². The summed E-state index contributed by atoms with van der Waals surface area (Å²) in [4.78, 5) is 6.46. The van der Waals surface area contributed by atoms with Gasteiger partial charge in [-0.3, -0.25) is 4.99 Å². The number of hydrogen-bond donors (Lipinski definition) is 0. The zero-order valence-corrected chi connectivity index (χ0v) is 8.41. The SMILES string of the molecule is CC(C)CN1C=CN=CC1(C)C. The van der Waals surface area contributed by atoms with Crippen molar-refractivity contribution in [2.75, 3.05) is 6.54 Å². The summed E-state index contributed by atoms with van der Waals surface area (Å²) in [7, 11) is 0. The highest BCUT2D eigenvalue weighted by atomic mass is 15.2. The van der Waals surface area contributed by atoms with Gasteiger partial charge in [-0.15, -0.1) is 0 Å². The molecule has 0 aromatic rings. The lowest BCUT2D eigenvalue weighted by Gasteiger charge is -2.37. The molecule has 0 atom stereocenters. The molecule has 0 fully saturated rings. The first-order valence-electron chi connectivity index (χ1n) is 4.50. The van der Waals surface area contributed by atoms with Gasteiger partial charge in [0.05, 0.1) is 5.54 Å². The molecule has 0 unspecified atom stereocenters. The van der Waals surface area contributed by atoms with Gasteiger partial charge >= 0.3 is 0 Å². The molecule has 1 heterocycles. The Hall–Kier alpha value is -0.790. The lowest BCUT2D eigenvalue weighted by atomic mass is 10.0. The fourth-order valence-corrected chi connectivity index (χ4v) is 1.30. The van der Waals surface area contributed by atoms with Crippen LogP contribution in [0.25, 0.3) is 0 Å². The molecule has 2 nitrogen and oxygen atoms in total. The van der Waals surface area contributed by atoms with E-state index in [4.69, 9.17) is 0 Å². The van der Waals surface area contributed by atoms with Crippen LogP contribution in [0.1, 0.15) is 27.7 Å². The molecule has 0 saturated carbocycles. The number of hydrogen-bond acceptors (Lipinski definition) is 2. The van der Waals surface area contributed by atoms with Crippen LogP contribution in [-0.4, -0.2) is 23.2 Å². The van der Waals surface area contributed by atoms with E-state index in [0.29, 0.717) is 5.92 Å². The largest absolute Gasteiger partial charge is 0.366 e. The summed E-state index contributed by atoms with van der Waals surface area (Å²) in [6.07, 6.45) is 5.92. The minimum atomic E-state index is 0.0824. The van der Waals surface area contributed by atoms with Gasteiger partial charge in [0.2, 0.25) is 0 Å². The molecule has 68 valence electrons. The van der Waals surface area contributed by atoms with E-state index in [9.17, 15) is 0 Å². The maximum absolute atomic E-state index is 4.14. The lowest BCUT2D eigenvalue weighted by molar-refractivity contribution is 0.230. The number of nitrogens with zero attached hydrogens (tertiary/aromatic N) is 2. The second-order valence-corrected chi connectivity index (χ2v) is 4.28. The fraction of sp³-hybridized carbons (Fsp3) is 0.700. The third-order valence-electron chi connectivity index (χ3n) is 2.03. The highest BCUT2D eigenvalue weighted by Crippen LogP contribution is 2.17. The van der Waals surface area contributed by atoms with Crippen molar-refractivity contribution in [2.24, 2.45) is 10.9 Å². The van der Waals surface area contributed by atoms with Crippen molar-refractivity contribution in [3.8, 4) is 0 Å². The molecule has 2 heteroatoms. The van der Waals surface area contributed by atoms with E-state index in [1.54, 1.807) is 0 Å². The second kappa shape index (κ2) is 3.30. The molecule has 0 amide bonds. The van der Waals surface area contributed by atoms with Crippen LogP contribution < -0.4 is 0 Å². The minimum absolute atomic E-state index is 0.0824. The van der Waals surface area contributed by atoms with Gasteiger partial charge in [-0.1, -0.05) is 13.8 Å². The van der Waals surface area contributed by atoms with Crippen LogP contribution in [-0.2, 0) is 0 Å². The Balaban J connectivity index is 2.64. The molecular formula is C10H18N2. The monoisotopic (exact) mass is 166 g/mol. The van der Waals surface area contributed by atoms with E-state index in [1.807, 2.05) is 12.4 Å². The third-order valence-corrected chi connectivity index (χ3v) is 2.03. The molecule has 1 aliphatic heterocycles. The third kappa shape index (κ3) is 2.10. The lowest BCUT2D eigenvalue weighted by Crippen LogP contribution is -2.44. The Morgan fingerprint density at radius 3 is 2.58 bits per heavy atom. The van der Waals surface area contributed by atoms with Gasteiger partial charge < -0.3 is 4.90 Å². The predicted octanol–water partition coefficient (Wildman–Crippen LogP) is 2.28. The van der Waals surface area contributed by atoms with E-state index in [2.05, 4.69) is 43.8 Å². The second-order valence-electron chi connectivity index (χ2n) is 4.28. The topological polar surface area (TPSA) is 15.6 Å². The summed E-state index contributed by atoms with van der Waals surface area (Å²) in [6, 6.07) is 0. The summed E-state index contributed by atoms with van der Waals surface area (Å²) in [6.45, 7) is 9.92. The maximum atomic E-state index is 4.14. The standard InChI is InChI=1S/C10H18N2/c1-9(2)7-12-6-5-11-8-10(12,3)4/h5-6,8-9H,7H2,1-4H3. The maximum Gasteiger partial charge on any atom is 0.0694 e. The van der Waals surface area contributed by atoms with Gasteiger partial charge in [-0.2, -0.15) is 0 Å². The Morgan fingerprint density at radius 1 is 1.42 bits per heavy atom. The van der Waals surface area contributed by atoms with Crippen molar-refractivity contribution in [2.45, 2.75) is 33.2 Å². The first-order chi connectivity index (χ1) is 5.52. The van der Waals surface area contributed by atoms with Crippen LogP contribution in [0, 0.1) is 5.92 Å². The minimum Gasteiger partial charge on any atom is -0.366 e. The molecule has 1 aliphatic rings. The van der Waals surface area contributed by atoms with Gasteiger partial charge in [-0.25, -0.2) is 0 Å². The van der Waals surface area contributed by atoms with E-state index in [0.717, 1.165) is 6.54 Å². The van der Waals surface area contributed by atoms with Gasteiger partial charge in [0.25, 0.3) is 0 Å². The molecule has 0 aliphatic carbocycles. The Bertz CT molecular complexity index is 202. The van der Waals surface area contributed by atoms with E-state index < -0.39 is 0 Å². The predicted molar refractivity (Wildman–Crippen MR) is 53.3 cm³/mol. The van der Waals surface area contributed by atoms with Gasteiger partial charge in [-0.05, 0) is 19.8 Å². The van der Waals surface area contributed by atoms with Gasteiger partial charge in [0.15, 0.2) is 0 Å². The summed E-state index contributed by atoms with van der Waals surface area (Å²) in [5, 5.41) is 0. The molecule has 1 rings (SSSR count). The summed E-state index contributed by atoms with van der Waals surface area (Å²) >= 11 is 0.